The van der Waals surface area contributed by atoms with Crippen LogP contribution in [0.2, 0.25) is 0 Å². The molecule has 21 heavy (non-hydrogen) atoms. The molecule has 1 aromatic carbocycles. The molecule has 0 atom stereocenters. The van der Waals surface area contributed by atoms with Crippen molar-refractivity contribution in [1.29, 1.82) is 0 Å². The van der Waals surface area contributed by atoms with E-state index in [0.717, 1.165) is 36.7 Å². The molecular weight excluding hydrogens is 377 g/mol. The standard InChI is InChI=1S/C16H23N3O.HI/c1-3-17-16(19-14-8-4-5-9-14)18-12-13-7-6-10-15(11-13)20-2;/h4-7,10-11,14H,3,8-9,12H2,1-2H3,(H2,17,18,19);1H. The van der Waals surface area contributed by atoms with Gasteiger partial charge in [0, 0.05) is 12.6 Å². The molecular formula is C16H24IN3O. The second-order valence-corrected chi connectivity index (χ2v) is 4.83. The molecule has 0 amide bonds. The lowest BCUT2D eigenvalue weighted by Gasteiger charge is -2.16. The highest BCUT2D eigenvalue weighted by atomic mass is 127. The summed E-state index contributed by atoms with van der Waals surface area (Å²) >= 11 is 0. The molecule has 0 aliphatic heterocycles. The third kappa shape index (κ3) is 5.95. The van der Waals surface area contributed by atoms with Gasteiger partial charge in [-0.15, -0.1) is 24.0 Å². The molecule has 0 heterocycles. The summed E-state index contributed by atoms with van der Waals surface area (Å²) < 4.78 is 5.23. The van der Waals surface area contributed by atoms with Crippen molar-refractivity contribution in [3.63, 3.8) is 0 Å². The van der Waals surface area contributed by atoms with E-state index in [9.17, 15) is 0 Å². The lowest BCUT2D eigenvalue weighted by Crippen LogP contribution is -2.42. The highest BCUT2D eigenvalue weighted by Crippen LogP contribution is 2.13. The van der Waals surface area contributed by atoms with Crippen LogP contribution in [0.5, 0.6) is 5.75 Å². The minimum absolute atomic E-state index is 0. The average Bonchev–Trinajstić information content (AvgIpc) is 2.98. The molecule has 0 saturated carbocycles. The van der Waals surface area contributed by atoms with Crippen LogP contribution in [0.15, 0.2) is 41.4 Å². The maximum atomic E-state index is 5.23. The van der Waals surface area contributed by atoms with Gasteiger partial charge in [-0.3, -0.25) is 0 Å². The number of nitrogens with one attached hydrogen (secondary N) is 2. The molecule has 116 valence electrons. The van der Waals surface area contributed by atoms with Crippen molar-refractivity contribution in [2.45, 2.75) is 32.4 Å². The minimum atomic E-state index is 0. The SMILES string of the molecule is CCNC(=NCc1cccc(OC)c1)NC1CC=CC1.I. The Labute approximate surface area is 144 Å². The number of hydrogen-bond donors (Lipinski definition) is 2. The molecule has 0 unspecified atom stereocenters. The zero-order valence-corrected chi connectivity index (χ0v) is 15.0. The Morgan fingerprint density at radius 1 is 1.33 bits per heavy atom. The van der Waals surface area contributed by atoms with Crippen molar-refractivity contribution in [2.24, 2.45) is 4.99 Å². The van der Waals surface area contributed by atoms with E-state index in [4.69, 9.17) is 4.74 Å². The molecule has 0 spiro atoms. The molecule has 0 fully saturated rings. The number of methoxy groups -OCH3 is 1. The van der Waals surface area contributed by atoms with Crippen LogP contribution in [0.4, 0.5) is 0 Å². The topological polar surface area (TPSA) is 45.7 Å². The number of halogens is 1. The second kappa shape index (κ2) is 9.65. The van der Waals surface area contributed by atoms with Crippen LogP contribution in [-0.4, -0.2) is 25.7 Å². The van der Waals surface area contributed by atoms with Gasteiger partial charge in [0.25, 0.3) is 0 Å². The van der Waals surface area contributed by atoms with E-state index in [0.29, 0.717) is 12.6 Å². The molecule has 1 aliphatic rings. The fourth-order valence-electron chi connectivity index (χ4n) is 2.19. The highest BCUT2D eigenvalue weighted by molar-refractivity contribution is 14.0. The van der Waals surface area contributed by atoms with Crippen molar-refractivity contribution >= 4 is 29.9 Å². The fourth-order valence-corrected chi connectivity index (χ4v) is 2.19. The largest absolute Gasteiger partial charge is 0.497 e. The van der Waals surface area contributed by atoms with Gasteiger partial charge < -0.3 is 15.4 Å². The van der Waals surface area contributed by atoms with E-state index in [2.05, 4.69) is 40.8 Å². The van der Waals surface area contributed by atoms with Gasteiger partial charge in [-0.2, -0.15) is 0 Å². The summed E-state index contributed by atoms with van der Waals surface area (Å²) in [5, 5.41) is 6.75. The molecule has 1 aliphatic carbocycles. The van der Waals surface area contributed by atoms with Crippen LogP contribution in [0.1, 0.15) is 25.3 Å². The van der Waals surface area contributed by atoms with Crippen molar-refractivity contribution < 1.29 is 4.74 Å². The molecule has 5 heteroatoms. The van der Waals surface area contributed by atoms with E-state index >= 15 is 0 Å². The van der Waals surface area contributed by atoms with E-state index in [1.807, 2.05) is 18.2 Å². The van der Waals surface area contributed by atoms with Crippen LogP contribution in [0.25, 0.3) is 0 Å². The maximum Gasteiger partial charge on any atom is 0.191 e. The number of guanidine groups is 1. The summed E-state index contributed by atoms with van der Waals surface area (Å²) in [5.74, 6) is 1.75. The van der Waals surface area contributed by atoms with Crippen LogP contribution >= 0.6 is 24.0 Å². The Morgan fingerprint density at radius 2 is 2.10 bits per heavy atom. The highest BCUT2D eigenvalue weighted by Gasteiger charge is 2.11. The first-order valence-electron chi connectivity index (χ1n) is 7.14. The lowest BCUT2D eigenvalue weighted by atomic mass is 10.2. The Bertz CT molecular complexity index is 480. The Balaban J connectivity index is 0.00000220. The van der Waals surface area contributed by atoms with Gasteiger partial charge in [-0.05, 0) is 37.5 Å². The van der Waals surface area contributed by atoms with Gasteiger partial charge in [0.15, 0.2) is 5.96 Å². The molecule has 0 aromatic heterocycles. The second-order valence-electron chi connectivity index (χ2n) is 4.83. The molecule has 0 radical (unpaired) electrons. The smallest absolute Gasteiger partial charge is 0.191 e. The Hall–Kier alpha value is -1.24. The maximum absolute atomic E-state index is 5.23. The van der Waals surface area contributed by atoms with Gasteiger partial charge in [-0.25, -0.2) is 4.99 Å². The quantitative estimate of drug-likeness (QED) is 0.345. The first-order chi connectivity index (χ1) is 9.81. The van der Waals surface area contributed by atoms with Crippen molar-refractivity contribution in [1.82, 2.24) is 10.6 Å². The van der Waals surface area contributed by atoms with E-state index in [1.54, 1.807) is 7.11 Å². The summed E-state index contributed by atoms with van der Waals surface area (Å²) in [6, 6.07) is 8.49. The number of hydrogen-bond acceptors (Lipinski definition) is 2. The molecule has 1 aromatic rings. The lowest BCUT2D eigenvalue weighted by molar-refractivity contribution is 0.414. The first kappa shape index (κ1) is 17.8. The molecule has 0 saturated heterocycles. The first-order valence-corrected chi connectivity index (χ1v) is 7.14. The predicted octanol–water partition coefficient (Wildman–Crippen LogP) is 3.09. The van der Waals surface area contributed by atoms with Crippen LogP contribution in [0.3, 0.4) is 0 Å². The summed E-state index contributed by atoms with van der Waals surface area (Å²) in [6.07, 6.45) is 6.57. The summed E-state index contributed by atoms with van der Waals surface area (Å²) in [4.78, 5) is 4.63. The van der Waals surface area contributed by atoms with Crippen LogP contribution in [0, 0.1) is 0 Å². The third-order valence-electron chi connectivity index (χ3n) is 3.25. The van der Waals surface area contributed by atoms with Crippen molar-refractivity contribution in [3.8, 4) is 5.75 Å². The summed E-state index contributed by atoms with van der Waals surface area (Å²) in [7, 11) is 1.68. The number of aliphatic imine (C=N–C) groups is 1. The number of ether oxygens (including phenoxy) is 1. The zero-order chi connectivity index (χ0) is 14.2. The summed E-state index contributed by atoms with van der Waals surface area (Å²) in [5.41, 5.74) is 1.14. The van der Waals surface area contributed by atoms with Crippen molar-refractivity contribution in [2.75, 3.05) is 13.7 Å². The predicted molar refractivity (Wildman–Crippen MR) is 98.5 cm³/mol. The summed E-state index contributed by atoms with van der Waals surface area (Å²) in [6.45, 7) is 3.59. The number of nitrogens with zero attached hydrogens (tertiary/aromatic N) is 1. The van der Waals surface area contributed by atoms with Gasteiger partial charge in [0.2, 0.25) is 0 Å². The van der Waals surface area contributed by atoms with Crippen LogP contribution < -0.4 is 15.4 Å². The van der Waals surface area contributed by atoms with Gasteiger partial charge in [0.1, 0.15) is 5.75 Å². The Morgan fingerprint density at radius 3 is 2.76 bits per heavy atom. The molecule has 2 rings (SSSR count). The molecule has 4 nitrogen and oxygen atoms in total. The van der Waals surface area contributed by atoms with Gasteiger partial charge in [0.05, 0.1) is 13.7 Å². The monoisotopic (exact) mass is 401 g/mol. The Kier molecular flexibility index (Phi) is 8.19. The normalized spacial score (nSPS) is 14.7. The van der Waals surface area contributed by atoms with Gasteiger partial charge >= 0.3 is 0 Å². The molecule has 2 N–H and O–H groups in total. The van der Waals surface area contributed by atoms with Crippen LogP contribution in [-0.2, 0) is 6.54 Å². The average molecular weight is 401 g/mol. The fraction of sp³-hybridized carbons (Fsp3) is 0.438. The van der Waals surface area contributed by atoms with Gasteiger partial charge in [-0.1, -0.05) is 24.3 Å². The van der Waals surface area contributed by atoms with Crippen molar-refractivity contribution in [3.05, 3.63) is 42.0 Å². The zero-order valence-electron chi connectivity index (χ0n) is 12.6. The number of benzene rings is 1. The van der Waals surface area contributed by atoms with E-state index in [1.165, 1.54) is 0 Å². The minimum Gasteiger partial charge on any atom is -0.497 e. The number of rotatable bonds is 5. The third-order valence-corrected chi connectivity index (χ3v) is 3.25. The van der Waals surface area contributed by atoms with E-state index < -0.39 is 0 Å². The van der Waals surface area contributed by atoms with E-state index in [-0.39, 0.29) is 24.0 Å². The molecule has 0 bridgehead atoms.